The summed E-state index contributed by atoms with van der Waals surface area (Å²) < 4.78 is 12.8. The zero-order valence-electron chi connectivity index (χ0n) is 22.0. The second-order valence-electron chi connectivity index (χ2n) is 10.9. The number of amides is 1. The van der Waals surface area contributed by atoms with Crippen molar-refractivity contribution in [3.63, 3.8) is 0 Å². The van der Waals surface area contributed by atoms with Crippen LogP contribution in [0.3, 0.4) is 0 Å². The van der Waals surface area contributed by atoms with Crippen LogP contribution in [0.5, 0.6) is 0 Å². The molecule has 2 aliphatic heterocycles. The molecule has 0 radical (unpaired) electrons. The standard InChI is InChI=1S/C32H38N2O2S/c1-25(26-11-5-3-6-12-26)31(35)33(2)23-28(27-13-7-4-8-14-27)17-20-34-21-18-32(19-22-34)24-37(36)30-16-10-9-15-29(30)32/h3-16,25,28H,17-24H2,1-2H3/t25-,28-,37-/m0/s1. The summed E-state index contributed by atoms with van der Waals surface area (Å²) in [4.78, 5) is 18.8. The number of hydrogen-bond acceptors (Lipinski definition) is 3. The zero-order valence-corrected chi connectivity index (χ0v) is 22.8. The van der Waals surface area contributed by atoms with Crippen LogP contribution in [-0.2, 0) is 21.0 Å². The van der Waals surface area contributed by atoms with Crippen LogP contribution < -0.4 is 0 Å². The molecule has 2 aliphatic rings. The predicted molar refractivity (Wildman–Crippen MR) is 151 cm³/mol. The molecule has 1 saturated heterocycles. The monoisotopic (exact) mass is 514 g/mol. The molecule has 3 atom stereocenters. The third-order valence-corrected chi connectivity index (χ3v) is 10.2. The number of fused-ring (bicyclic) bond motifs is 2. The van der Waals surface area contributed by atoms with E-state index >= 15 is 0 Å². The maximum atomic E-state index is 13.3. The van der Waals surface area contributed by atoms with Gasteiger partial charge in [0.1, 0.15) is 0 Å². The zero-order chi connectivity index (χ0) is 25.8. The Balaban J connectivity index is 1.22. The molecule has 5 rings (SSSR count). The Morgan fingerprint density at radius 1 is 0.919 bits per heavy atom. The van der Waals surface area contributed by atoms with Crippen molar-refractivity contribution in [3.05, 3.63) is 102 Å². The van der Waals surface area contributed by atoms with Crippen LogP contribution in [0.1, 0.15) is 54.7 Å². The topological polar surface area (TPSA) is 40.6 Å². The molecule has 0 aromatic heterocycles. The highest BCUT2D eigenvalue weighted by Crippen LogP contribution is 2.44. The van der Waals surface area contributed by atoms with Gasteiger partial charge in [-0.3, -0.25) is 9.00 Å². The predicted octanol–water partition coefficient (Wildman–Crippen LogP) is 5.58. The molecule has 3 aromatic carbocycles. The van der Waals surface area contributed by atoms with E-state index in [0.29, 0.717) is 6.54 Å². The Kier molecular flexibility index (Phi) is 7.92. The average molecular weight is 515 g/mol. The molecule has 2 heterocycles. The fraction of sp³-hybridized carbons (Fsp3) is 0.406. The van der Waals surface area contributed by atoms with Gasteiger partial charge in [0.05, 0.1) is 16.7 Å². The molecular formula is C32H38N2O2S. The van der Waals surface area contributed by atoms with Crippen LogP contribution in [0.2, 0.25) is 0 Å². The van der Waals surface area contributed by atoms with E-state index in [1.807, 2.05) is 61.3 Å². The van der Waals surface area contributed by atoms with Gasteiger partial charge in [-0.05, 0) is 68.6 Å². The number of carbonyl (C=O) groups excluding carboxylic acids is 1. The molecule has 0 saturated carbocycles. The average Bonchev–Trinajstić information content (AvgIpc) is 3.22. The summed E-state index contributed by atoms with van der Waals surface area (Å²) in [6.07, 6.45) is 3.15. The summed E-state index contributed by atoms with van der Waals surface area (Å²) in [5.41, 5.74) is 3.76. The second kappa shape index (κ2) is 11.3. The summed E-state index contributed by atoms with van der Waals surface area (Å²) in [5.74, 6) is 1.08. The van der Waals surface area contributed by atoms with Gasteiger partial charge in [-0.2, -0.15) is 0 Å². The van der Waals surface area contributed by atoms with Crippen molar-refractivity contribution < 1.29 is 9.00 Å². The van der Waals surface area contributed by atoms with Crippen molar-refractivity contribution in [2.45, 2.75) is 48.3 Å². The first-order chi connectivity index (χ1) is 18.0. The molecule has 194 valence electrons. The number of rotatable bonds is 8. The lowest BCUT2D eigenvalue weighted by Crippen LogP contribution is -2.44. The van der Waals surface area contributed by atoms with Gasteiger partial charge in [0.25, 0.3) is 0 Å². The minimum atomic E-state index is -0.867. The molecule has 0 aliphatic carbocycles. The van der Waals surface area contributed by atoms with E-state index in [-0.39, 0.29) is 23.2 Å². The fourth-order valence-corrected chi connectivity index (χ4v) is 8.05. The number of nitrogens with zero attached hydrogens (tertiary/aromatic N) is 2. The van der Waals surface area contributed by atoms with E-state index in [1.54, 1.807) is 0 Å². The lowest BCUT2D eigenvalue weighted by molar-refractivity contribution is -0.131. The minimum Gasteiger partial charge on any atom is -0.345 e. The highest BCUT2D eigenvalue weighted by molar-refractivity contribution is 7.85. The van der Waals surface area contributed by atoms with Gasteiger partial charge in [-0.1, -0.05) is 78.9 Å². The molecule has 0 N–H and O–H groups in total. The second-order valence-corrected chi connectivity index (χ2v) is 12.3. The first-order valence-electron chi connectivity index (χ1n) is 13.5. The Morgan fingerprint density at radius 3 is 2.19 bits per heavy atom. The normalized spacial score (nSPS) is 20.3. The molecule has 0 bridgehead atoms. The van der Waals surface area contributed by atoms with E-state index in [1.165, 1.54) is 11.1 Å². The van der Waals surface area contributed by atoms with Gasteiger partial charge in [0.2, 0.25) is 5.91 Å². The molecular weight excluding hydrogens is 476 g/mol. The lowest BCUT2D eigenvalue weighted by Gasteiger charge is -2.40. The quantitative estimate of drug-likeness (QED) is 0.394. The molecule has 3 aromatic rings. The Labute approximate surface area is 224 Å². The molecule has 0 unspecified atom stereocenters. The first-order valence-corrected chi connectivity index (χ1v) is 14.8. The fourth-order valence-electron chi connectivity index (χ4n) is 6.19. The van der Waals surface area contributed by atoms with Crippen molar-refractivity contribution in [2.24, 2.45) is 0 Å². The Bertz CT molecular complexity index is 1220. The van der Waals surface area contributed by atoms with Crippen LogP contribution in [-0.4, -0.2) is 58.9 Å². The number of likely N-dealkylation sites (N-methyl/N-ethyl adjacent to an activating group) is 1. The van der Waals surface area contributed by atoms with E-state index in [0.717, 1.165) is 55.1 Å². The van der Waals surface area contributed by atoms with E-state index in [2.05, 4.69) is 47.4 Å². The Hall–Kier alpha value is -2.76. The van der Waals surface area contributed by atoms with Crippen LogP contribution in [0, 0.1) is 0 Å². The van der Waals surface area contributed by atoms with Gasteiger partial charge in [0.15, 0.2) is 0 Å². The molecule has 1 spiro atoms. The number of hydrogen-bond donors (Lipinski definition) is 0. The van der Waals surface area contributed by atoms with Gasteiger partial charge >= 0.3 is 0 Å². The maximum absolute atomic E-state index is 13.3. The highest BCUT2D eigenvalue weighted by atomic mass is 32.2. The van der Waals surface area contributed by atoms with Crippen LogP contribution in [0.4, 0.5) is 0 Å². The van der Waals surface area contributed by atoms with E-state index in [4.69, 9.17) is 0 Å². The first kappa shape index (κ1) is 25.9. The van der Waals surface area contributed by atoms with Gasteiger partial charge < -0.3 is 9.80 Å². The summed E-state index contributed by atoms with van der Waals surface area (Å²) >= 11 is 0. The smallest absolute Gasteiger partial charge is 0.229 e. The number of carbonyl (C=O) groups is 1. The van der Waals surface area contributed by atoms with Crippen molar-refractivity contribution in [1.29, 1.82) is 0 Å². The number of benzene rings is 3. The third-order valence-electron chi connectivity index (χ3n) is 8.53. The van der Waals surface area contributed by atoms with Gasteiger partial charge in [-0.25, -0.2) is 0 Å². The number of piperidine rings is 1. The summed E-state index contributed by atoms with van der Waals surface area (Å²) in [6.45, 7) is 5.80. The largest absolute Gasteiger partial charge is 0.345 e. The molecule has 37 heavy (non-hydrogen) atoms. The highest BCUT2D eigenvalue weighted by Gasteiger charge is 2.44. The van der Waals surface area contributed by atoms with Crippen LogP contribution in [0.25, 0.3) is 0 Å². The molecule has 4 nitrogen and oxygen atoms in total. The van der Waals surface area contributed by atoms with Gasteiger partial charge in [-0.15, -0.1) is 0 Å². The summed E-state index contributed by atoms with van der Waals surface area (Å²) in [5, 5.41) is 0. The number of likely N-dealkylation sites (tertiary alicyclic amines) is 1. The maximum Gasteiger partial charge on any atom is 0.229 e. The lowest BCUT2D eigenvalue weighted by atomic mass is 9.74. The third kappa shape index (κ3) is 5.58. The van der Waals surface area contributed by atoms with Crippen molar-refractivity contribution >= 4 is 16.7 Å². The van der Waals surface area contributed by atoms with Crippen molar-refractivity contribution in [2.75, 3.05) is 39.0 Å². The Morgan fingerprint density at radius 2 is 1.51 bits per heavy atom. The molecule has 5 heteroatoms. The van der Waals surface area contributed by atoms with E-state index in [9.17, 15) is 9.00 Å². The minimum absolute atomic E-state index is 0.0804. The van der Waals surface area contributed by atoms with Crippen LogP contribution >= 0.6 is 0 Å². The summed E-state index contributed by atoms with van der Waals surface area (Å²) in [6, 6.07) is 29.0. The van der Waals surface area contributed by atoms with Gasteiger partial charge in [0, 0.05) is 35.6 Å². The SMILES string of the molecule is C[C@H](C(=O)N(C)C[C@H](CCN1CCC2(CC1)C[S@](=O)c1ccccc12)c1ccccc1)c1ccccc1. The van der Waals surface area contributed by atoms with Crippen molar-refractivity contribution in [3.8, 4) is 0 Å². The molecule has 1 fully saturated rings. The molecule has 1 amide bonds. The summed E-state index contributed by atoms with van der Waals surface area (Å²) in [7, 11) is 1.08. The van der Waals surface area contributed by atoms with E-state index < -0.39 is 10.8 Å². The van der Waals surface area contributed by atoms with Crippen molar-refractivity contribution in [1.82, 2.24) is 9.80 Å². The van der Waals surface area contributed by atoms with Crippen LogP contribution in [0.15, 0.2) is 89.8 Å².